The first kappa shape index (κ1) is 8.65. The van der Waals surface area contributed by atoms with E-state index in [4.69, 9.17) is 10.2 Å². The highest BCUT2D eigenvalue weighted by Crippen LogP contribution is 2.06. The van der Waals surface area contributed by atoms with Crippen molar-refractivity contribution in [3.05, 3.63) is 0 Å². The van der Waals surface area contributed by atoms with Crippen LogP contribution in [0, 0.1) is 0 Å². The second kappa shape index (κ2) is 5.78. The molecule has 1 unspecified atom stereocenters. The third-order valence-electron chi connectivity index (χ3n) is 0.874. The van der Waals surface area contributed by atoms with E-state index in [0.717, 1.165) is 12.8 Å². The molecule has 0 aromatic carbocycles. The summed E-state index contributed by atoms with van der Waals surface area (Å²) in [5.74, 6) is 0. The Morgan fingerprint density at radius 2 is 2.00 bits per heavy atom. The summed E-state index contributed by atoms with van der Waals surface area (Å²) in [6, 6.07) is 0. The molecule has 0 fully saturated rings. The Morgan fingerprint density at radius 3 is 2.38 bits per heavy atom. The average Bonchev–Trinajstić information content (AvgIpc) is 1.83. The van der Waals surface area contributed by atoms with Crippen LogP contribution in [0.1, 0.15) is 12.8 Å². The molecule has 8 heavy (non-hydrogen) atoms. The molecule has 0 radical (unpaired) electrons. The van der Waals surface area contributed by atoms with Crippen LogP contribution in [0.5, 0.6) is 0 Å². The maximum atomic E-state index is 8.47. The lowest BCUT2D eigenvalue weighted by molar-refractivity contribution is 0.264. The van der Waals surface area contributed by atoms with Crippen LogP contribution in [-0.4, -0.2) is 27.4 Å². The van der Waals surface area contributed by atoms with E-state index in [2.05, 4.69) is 22.6 Å². The summed E-state index contributed by atoms with van der Waals surface area (Å²) in [6.45, 7) is 0.458. The Kier molecular flexibility index (Phi) is 6.25. The van der Waals surface area contributed by atoms with Crippen molar-refractivity contribution in [3.63, 3.8) is 0 Å². The van der Waals surface area contributed by atoms with Crippen molar-refractivity contribution in [1.82, 2.24) is 0 Å². The van der Waals surface area contributed by atoms with Gasteiger partial charge >= 0.3 is 0 Å². The molecule has 3 heteroatoms. The lowest BCUT2D eigenvalue weighted by atomic mass is 10.2. The van der Waals surface area contributed by atoms with Crippen LogP contribution in [0.15, 0.2) is 0 Å². The number of rotatable bonds is 4. The van der Waals surface area contributed by atoms with E-state index in [1.807, 2.05) is 0 Å². The van der Waals surface area contributed by atoms with Crippen molar-refractivity contribution in [2.45, 2.75) is 16.8 Å². The Bertz CT molecular complexity index is 49.7. The van der Waals surface area contributed by atoms with E-state index in [-0.39, 0.29) is 13.2 Å². The Hall–Kier alpha value is 0.650. The highest BCUT2D eigenvalue weighted by Gasteiger charge is 1.98. The van der Waals surface area contributed by atoms with Gasteiger partial charge < -0.3 is 10.2 Å². The van der Waals surface area contributed by atoms with Crippen LogP contribution in [0.3, 0.4) is 0 Å². The molecule has 0 aliphatic rings. The second-order valence-corrected chi connectivity index (χ2v) is 3.41. The number of alkyl halides is 1. The molecule has 0 aliphatic carbocycles. The molecule has 0 amide bonds. The van der Waals surface area contributed by atoms with Crippen molar-refractivity contribution in [3.8, 4) is 0 Å². The van der Waals surface area contributed by atoms with Gasteiger partial charge in [-0.25, -0.2) is 0 Å². The number of hydrogen-bond donors (Lipinski definition) is 2. The zero-order chi connectivity index (χ0) is 6.41. The monoisotopic (exact) mass is 230 g/mol. The predicted molar refractivity (Wildman–Crippen MR) is 41.2 cm³/mol. The lowest BCUT2D eigenvalue weighted by Crippen LogP contribution is -2.03. The van der Waals surface area contributed by atoms with Gasteiger partial charge in [-0.05, 0) is 12.8 Å². The van der Waals surface area contributed by atoms with Gasteiger partial charge in [0, 0.05) is 10.5 Å². The van der Waals surface area contributed by atoms with Crippen molar-refractivity contribution in [2.75, 3.05) is 13.2 Å². The fraction of sp³-hybridized carbons (Fsp3) is 1.00. The maximum Gasteiger partial charge on any atom is 0.0549 e. The molecule has 0 spiro atoms. The zero-order valence-electron chi connectivity index (χ0n) is 4.68. The fourth-order valence-electron chi connectivity index (χ4n) is 0.404. The third kappa shape index (κ3) is 4.80. The van der Waals surface area contributed by atoms with Crippen LogP contribution in [0.4, 0.5) is 0 Å². The third-order valence-corrected chi connectivity index (χ3v) is 1.89. The van der Waals surface area contributed by atoms with Crippen molar-refractivity contribution >= 4 is 22.6 Å². The molecule has 0 aliphatic heterocycles. The van der Waals surface area contributed by atoms with Crippen LogP contribution < -0.4 is 0 Å². The summed E-state index contributed by atoms with van der Waals surface area (Å²) < 4.78 is 0.319. The Morgan fingerprint density at radius 1 is 1.38 bits per heavy atom. The van der Waals surface area contributed by atoms with Gasteiger partial charge in [0.2, 0.25) is 0 Å². The SMILES string of the molecule is OCCCC(I)CO. The molecule has 1 atom stereocenters. The van der Waals surface area contributed by atoms with Crippen LogP contribution in [0.25, 0.3) is 0 Å². The molecule has 2 nitrogen and oxygen atoms in total. The summed E-state index contributed by atoms with van der Waals surface area (Å²) in [4.78, 5) is 0. The van der Waals surface area contributed by atoms with Crippen LogP contribution in [-0.2, 0) is 0 Å². The number of aliphatic hydroxyl groups is 2. The van der Waals surface area contributed by atoms with Gasteiger partial charge in [-0.1, -0.05) is 22.6 Å². The lowest BCUT2D eigenvalue weighted by Gasteiger charge is -2.01. The molecule has 0 rings (SSSR count). The zero-order valence-corrected chi connectivity index (χ0v) is 6.84. The summed E-state index contributed by atoms with van der Waals surface area (Å²) in [5, 5.41) is 16.8. The summed E-state index contributed by atoms with van der Waals surface area (Å²) >= 11 is 2.17. The first-order valence-electron chi connectivity index (χ1n) is 2.67. The molecule has 0 aromatic heterocycles. The molecule has 0 saturated heterocycles. The van der Waals surface area contributed by atoms with Gasteiger partial charge in [0.25, 0.3) is 0 Å². The topological polar surface area (TPSA) is 40.5 Å². The second-order valence-electron chi connectivity index (χ2n) is 1.65. The van der Waals surface area contributed by atoms with Crippen molar-refractivity contribution in [1.29, 1.82) is 0 Å². The molecular formula is C5H11IO2. The highest BCUT2D eigenvalue weighted by atomic mass is 127. The minimum Gasteiger partial charge on any atom is -0.396 e. The van der Waals surface area contributed by atoms with E-state index in [9.17, 15) is 0 Å². The molecule has 0 aromatic rings. The van der Waals surface area contributed by atoms with E-state index in [0.29, 0.717) is 3.92 Å². The molecule has 0 bridgehead atoms. The maximum absolute atomic E-state index is 8.47. The largest absolute Gasteiger partial charge is 0.396 e. The number of halogens is 1. The van der Waals surface area contributed by atoms with Gasteiger partial charge in [0.05, 0.1) is 6.61 Å². The van der Waals surface area contributed by atoms with Gasteiger partial charge in [0.1, 0.15) is 0 Å². The summed E-state index contributed by atoms with van der Waals surface area (Å²) in [7, 11) is 0. The molecule has 50 valence electrons. The minimum atomic E-state index is 0.223. The first-order valence-corrected chi connectivity index (χ1v) is 3.91. The Labute approximate surface area is 63.0 Å². The number of aliphatic hydroxyl groups excluding tert-OH is 2. The average molecular weight is 230 g/mol. The molecular weight excluding hydrogens is 219 g/mol. The Balaban J connectivity index is 2.86. The minimum absolute atomic E-state index is 0.223. The van der Waals surface area contributed by atoms with E-state index in [1.54, 1.807) is 0 Å². The van der Waals surface area contributed by atoms with Gasteiger partial charge in [-0.3, -0.25) is 0 Å². The highest BCUT2D eigenvalue weighted by molar-refractivity contribution is 14.1. The van der Waals surface area contributed by atoms with E-state index in [1.165, 1.54) is 0 Å². The van der Waals surface area contributed by atoms with Gasteiger partial charge in [0.15, 0.2) is 0 Å². The summed E-state index contributed by atoms with van der Waals surface area (Å²) in [6.07, 6.45) is 1.71. The fourth-order valence-corrected chi connectivity index (χ4v) is 0.844. The van der Waals surface area contributed by atoms with Gasteiger partial charge in [-0.15, -0.1) is 0 Å². The van der Waals surface area contributed by atoms with E-state index < -0.39 is 0 Å². The molecule has 2 N–H and O–H groups in total. The quantitative estimate of drug-likeness (QED) is 0.547. The van der Waals surface area contributed by atoms with Crippen LogP contribution in [0.2, 0.25) is 0 Å². The van der Waals surface area contributed by atoms with Gasteiger partial charge in [-0.2, -0.15) is 0 Å². The standard InChI is InChI=1S/C5H11IO2/c6-5(4-8)2-1-3-7/h5,7-8H,1-4H2. The molecule has 0 saturated carbocycles. The van der Waals surface area contributed by atoms with Crippen molar-refractivity contribution < 1.29 is 10.2 Å². The van der Waals surface area contributed by atoms with E-state index >= 15 is 0 Å². The number of hydrogen-bond acceptors (Lipinski definition) is 2. The molecule has 0 heterocycles. The first-order chi connectivity index (χ1) is 3.81. The normalized spacial score (nSPS) is 13.9. The smallest absolute Gasteiger partial charge is 0.0549 e. The predicted octanol–water partition coefficient (Wildman–Crippen LogP) is 0.555. The van der Waals surface area contributed by atoms with Crippen molar-refractivity contribution in [2.24, 2.45) is 0 Å². The summed E-state index contributed by atoms with van der Waals surface area (Å²) in [5.41, 5.74) is 0. The van der Waals surface area contributed by atoms with Crippen LogP contribution >= 0.6 is 22.6 Å².